The fraction of sp³-hybridized carbons (Fsp3) is 0.526. The van der Waals surface area contributed by atoms with E-state index < -0.39 is 11.7 Å². The monoisotopic (exact) mass is 392 g/mol. The summed E-state index contributed by atoms with van der Waals surface area (Å²) in [7, 11) is 0. The van der Waals surface area contributed by atoms with Crippen molar-refractivity contribution >= 4 is 11.6 Å². The molecule has 2 aromatic rings. The minimum atomic E-state index is -4.56. The SMILES string of the molecule is CCN(c1ccc(C#N)c(C(F)(F)F)c1)C1CCCN(c2ncnn2CC)C1. The first kappa shape index (κ1) is 20.0. The Kier molecular flexibility index (Phi) is 5.77. The molecule has 9 heteroatoms. The summed E-state index contributed by atoms with van der Waals surface area (Å²) in [6.07, 6.45) is -1.24. The number of aromatic nitrogens is 3. The van der Waals surface area contributed by atoms with Gasteiger partial charge in [-0.25, -0.2) is 4.68 Å². The molecule has 1 aromatic carbocycles. The number of alkyl halides is 3. The number of hydrogen-bond donors (Lipinski definition) is 0. The quantitative estimate of drug-likeness (QED) is 0.777. The molecule has 1 unspecified atom stereocenters. The van der Waals surface area contributed by atoms with Crippen molar-refractivity contribution in [2.24, 2.45) is 0 Å². The van der Waals surface area contributed by atoms with Crippen LogP contribution in [0.25, 0.3) is 0 Å². The minimum absolute atomic E-state index is 0.0507. The molecule has 0 amide bonds. The highest BCUT2D eigenvalue weighted by Crippen LogP contribution is 2.35. The lowest BCUT2D eigenvalue weighted by molar-refractivity contribution is -0.137. The Labute approximate surface area is 162 Å². The van der Waals surface area contributed by atoms with Gasteiger partial charge in [0.25, 0.3) is 0 Å². The number of benzene rings is 1. The third-order valence-electron chi connectivity index (χ3n) is 5.12. The lowest BCUT2D eigenvalue weighted by Crippen LogP contribution is -2.49. The Balaban J connectivity index is 1.88. The zero-order valence-electron chi connectivity index (χ0n) is 15.9. The third kappa shape index (κ3) is 3.91. The van der Waals surface area contributed by atoms with Crippen molar-refractivity contribution < 1.29 is 13.2 Å². The number of likely N-dealkylation sites (N-methyl/N-ethyl adjacent to an activating group) is 1. The molecule has 0 radical (unpaired) electrons. The summed E-state index contributed by atoms with van der Waals surface area (Å²) < 4.78 is 41.9. The van der Waals surface area contributed by atoms with Crippen LogP contribution in [0.4, 0.5) is 24.8 Å². The van der Waals surface area contributed by atoms with Crippen molar-refractivity contribution in [2.45, 2.75) is 45.5 Å². The van der Waals surface area contributed by atoms with Gasteiger partial charge in [0, 0.05) is 37.9 Å². The summed E-state index contributed by atoms with van der Waals surface area (Å²) in [6, 6.07) is 5.64. The maximum Gasteiger partial charge on any atom is 0.417 e. The largest absolute Gasteiger partial charge is 0.417 e. The van der Waals surface area contributed by atoms with E-state index in [1.54, 1.807) is 12.1 Å². The van der Waals surface area contributed by atoms with E-state index in [0.717, 1.165) is 31.4 Å². The highest BCUT2D eigenvalue weighted by molar-refractivity contribution is 5.56. The number of piperidine rings is 1. The molecule has 3 rings (SSSR count). The minimum Gasteiger partial charge on any atom is -0.367 e. The maximum atomic E-state index is 13.4. The molecule has 1 aliphatic rings. The van der Waals surface area contributed by atoms with Gasteiger partial charge in [0.1, 0.15) is 6.33 Å². The molecule has 150 valence electrons. The van der Waals surface area contributed by atoms with Crippen molar-refractivity contribution in [1.82, 2.24) is 14.8 Å². The fourth-order valence-corrected chi connectivity index (χ4v) is 3.81. The van der Waals surface area contributed by atoms with Crippen LogP contribution < -0.4 is 9.80 Å². The summed E-state index contributed by atoms with van der Waals surface area (Å²) in [4.78, 5) is 8.47. The Bertz CT molecular complexity index is 854. The van der Waals surface area contributed by atoms with Gasteiger partial charge < -0.3 is 9.80 Å². The second-order valence-electron chi connectivity index (χ2n) is 6.74. The molecule has 1 atom stereocenters. The normalized spacial score (nSPS) is 17.4. The Hall–Kier alpha value is -2.76. The number of nitriles is 1. The van der Waals surface area contributed by atoms with E-state index in [1.165, 1.54) is 12.4 Å². The Morgan fingerprint density at radius 3 is 2.75 bits per heavy atom. The zero-order valence-corrected chi connectivity index (χ0v) is 15.9. The molecule has 0 bridgehead atoms. The first-order chi connectivity index (χ1) is 13.4. The van der Waals surface area contributed by atoms with Crippen LogP contribution in [0.3, 0.4) is 0 Å². The molecule has 2 heterocycles. The molecular weight excluding hydrogens is 369 g/mol. The number of halogens is 3. The van der Waals surface area contributed by atoms with Crippen molar-refractivity contribution in [3.8, 4) is 6.07 Å². The van der Waals surface area contributed by atoms with Gasteiger partial charge in [-0.2, -0.15) is 28.5 Å². The number of rotatable bonds is 5. The summed E-state index contributed by atoms with van der Waals surface area (Å²) in [5, 5.41) is 13.2. The predicted molar refractivity (Wildman–Crippen MR) is 100 cm³/mol. The van der Waals surface area contributed by atoms with E-state index in [1.807, 2.05) is 23.4 Å². The van der Waals surface area contributed by atoms with Crippen LogP contribution in [-0.4, -0.2) is 40.4 Å². The lowest BCUT2D eigenvalue weighted by atomic mass is 10.0. The van der Waals surface area contributed by atoms with Crippen LogP contribution in [0.5, 0.6) is 0 Å². The second kappa shape index (κ2) is 8.09. The highest BCUT2D eigenvalue weighted by atomic mass is 19.4. The van der Waals surface area contributed by atoms with Gasteiger partial charge in [0.15, 0.2) is 0 Å². The van der Waals surface area contributed by atoms with E-state index in [2.05, 4.69) is 15.0 Å². The third-order valence-corrected chi connectivity index (χ3v) is 5.12. The van der Waals surface area contributed by atoms with Gasteiger partial charge in [0.05, 0.1) is 17.2 Å². The zero-order chi connectivity index (χ0) is 20.3. The molecule has 6 nitrogen and oxygen atoms in total. The van der Waals surface area contributed by atoms with Crippen molar-refractivity contribution in [1.29, 1.82) is 5.26 Å². The summed E-state index contributed by atoms with van der Waals surface area (Å²) in [6.45, 7) is 6.70. The van der Waals surface area contributed by atoms with Crippen LogP contribution >= 0.6 is 0 Å². The van der Waals surface area contributed by atoms with Crippen LogP contribution in [0.1, 0.15) is 37.8 Å². The lowest BCUT2D eigenvalue weighted by Gasteiger charge is -2.40. The summed E-state index contributed by atoms with van der Waals surface area (Å²) in [5.74, 6) is 0.791. The molecule has 0 aliphatic carbocycles. The first-order valence-corrected chi connectivity index (χ1v) is 9.39. The average molecular weight is 392 g/mol. The van der Waals surface area contributed by atoms with E-state index in [-0.39, 0.29) is 11.6 Å². The molecule has 0 spiro atoms. The van der Waals surface area contributed by atoms with Gasteiger partial charge in [0.2, 0.25) is 5.95 Å². The standard InChI is InChI=1S/C19H23F3N6/c1-3-27(15-8-7-14(11-23)17(10-15)19(20,21)22)16-6-5-9-26(12-16)18-24-13-25-28(18)4-2/h7-8,10,13,16H,3-6,9,12H2,1-2H3. The molecule has 28 heavy (non-hydrogen) atoms. The van der Waals surface area contributed by atoms with Crippen LogP contribution in [-0.2, 0) is 12.7 Å². The molecule has 1 aliphatic heterocycles. The maximum absolute atomic E-state index is 13.4. The fourth-order valence-electron chi connectivity index (χ4n) is 3.81. The first-order valence-electron chi connectivity index (χ1n) is 9.39. The number of hydrogen-bond acceptors (Lipinski definition) is 5. The average Bonchev–Trinajstić information content (AvgIpc) is 3.17. The molecule has 0 saturated carbocycles. The predicted octanol–water partition coefficient (Wildman–Crippen LogP) is 3.68. The van der Waals surface area contributed by atoms with Gasteiger partial charge in [-0.1, -0.05) is 0 Å². The van der Waals surface area contributed by atoms with Gasteiger partial charge in [-0.15, -0.1) is 0 Å². The highest BCUT2D eigenvalue weighted by Gasteiger charge is 2.35. The number of nitrogens with zero attached hydrogens (tertiary/aromatic N) is 6. The smallest absolute Gasteiger partial charge is 0.367 e. The van der Waals surface area contributed by atoms with Gasteiger partial charge in [-0.05, 0) is 44.9 Å². The van der Waals surface area contributed by atoms with E-state index >= 15 is 0 Å². The topological polar surface area (TPSA) is 61.0 Å². The van der Waals surface area contributed by atoms with Crippen molar-refractivity contribution in [3.05, 3.63) is 35.7 Å². The van der Waals surface area contributed by atoms with Crippen LogP contribution in [0.2, 0.25) is 0 Å². The van der Waals surface area contributed by atoms with Crippen LogP contribution in [0, 0.1) is 11.3 Å². The Morgan fingerprint density at radius 2 is 2.11 bits per heavy atom. The van der Waals surface area contributed by atoms with Gasteiger partial charge in [-0.3, -0.25) is 0 Å². The van der Waals surface area contributed by atoms with Crippen molar-refractivity contribution in [2.75, 3.05) is 29.4 Å². The number of aryl methyl sites for hydroxylation is 1. The van der Waals surface area contributed by atoms with Crippen molar-refractivity contribution in [3.63, 3.8) is 0 Å². The summed E-state index contributed by atoms with van der Waals surface area (Å²) in [5.41, 5.74) is -0.754. The molecular formula is C19H23F3N6. The molecule has 1 saturated heterocycles. The molecule has 1 fully saturated rings. The van der Waals surface area contributed by atoms with E-state index in [0.29, 0.717) is 25.3 Å². The van der Waals surface area contributed by atoms with Crippen LogP contribution in [0.15, 0.2) is 24.5 Å². The molecule has 1 aromatic heterocycles. The number of anilines is 2. The Morgan fingerprint density at radius 1 is 1.32 bits per heavy atom. The molecule has 0 N–H and O–H groups in total. The van der Waals surface area contributed by atoms with E-state index in [9.17, 15) is 13.2 Å². The summed E-state index contributed by atoms with van der Waals surface area (Å²) >= 11 is 0. The van der Waals surface area contributed by atoms with Gasteiger partial charge >= 0.3 is 6.18 Å². The second-order valence-corrected chi connectivity index (χ2v) is 6.74. The van der Waals surface area contributed by atoms with E-state index in [4.69, 9.17) is 5.26 Å².